The second-order valence-electron chi connectivity index (χ2n) is 7.26. The maximum Gasteiger partial charge on any atom is 0.342 e. The van der Waals surface area contributed by atoms with Crippen LogP contribution in [0.25, 0.3) is 0 Å². The molecule has 7 heteroatoms. The third-order valence-electron chi connectivity index (χ3n) is 5.40. The molecular weight excluding hydrogens is 374 g/mol. The van der Waals surface area contributed by atoms with Crippen LogP contribution in [0.15, 0.2) is 18.2 Å². The summed E-state index contributed by atoms with van der Waals surface area (Å²) < 4.78 is 20.8. The molecule has 158 valence electrons. The molecule has 2 atom stereocenters. The van der Waals surface area contributed by atoms with Gasteiger partial charge in [0.2, 0.25) is 0 Å². The molecule has 0 spiro atoms. The molecule has 3 heterocycles. The quantitative estimate of drug-likeness (QED) is 0.399. The average Bonchev–Trinajstić information content (AvgIpc) is 2.75. The Morgan fingerprint density at radius 3 is 2.55 bits per heavy atom. The molecule has 29 heavy (non-hydrogen) atoms. The van der Waals surface area contributed by atoms with E-state index in [0.717, 1.165) is 25.9 Å². The zero-order valence-corrected chi connectivity index (χ0v) is 17.1. The summed E-state index contributed by atoms with van der Waals surface area (Å²) in [7, 11) is 3.13. The monoisotopic (exact) mass is 403 g/mol. The molecule has 0 amide bonds. The summed E-state index contributed by atoms with van der Waals surface area (Å²) in [6.07, 6.45) is 1.65. The fourth-order valence-corrected chi connectivity index (χ4v) is 3.77. The van der Waals surface area contributed by atoms with Gasteiger partial charge < -0.3 is 24.1 Å². The SMILES string of the molecule is COCCOC(=O)c1cc(C#CC2C(O)C3CCN2CC3)ccc1OCCOC. The van der Waals surface area contributed by atoms with Crippen LogP contribution in [0.3, 0.4) is 0 Å². The number of carbonyl (C=O) groups excluding carboxylic acids is 1. The van der Waals surface area contributed by atoms with E-state index in [1.54, 1.807) is 26.4 Å². The van der Waals surface area contributed by atoms with Gasteiger partial charge >= 0.3 is 5.97 Å². The summed E-state index contributed by atoms with van der Waals surface area (Å²) in [5.74, 6) is 6.60. The second kappa shape index (κ2) is 10.6. The lowest BCUT2D eigenvalue weighted by molar-refractivity contribution is -0.0500. The first-order valence-electron chi connectivity index (χ1n) is 9.99. The van der Waals surface area contributed by atoms with Crippen molar-refractivity contribution in [2.24, 2.45) is 5.92 Å². The maximum atomic E-state index is 12.5. The van der Waals surface area contributed by atoms with E-state index in [4.69, 9.17) is 18.9 Å². The molecule has 0 saturated carbocycles. The van der Waals surface area contributed by atoms with E-state index in [0.29, 0.717) is 42.6 Å². The molecule has 2 unspecified atom stereocenters. The van der Waals surface area contributed by atoms with Gasteiger partial charge in [0, 0.05) is 19.8 Å². The van der Waals surface area contributed by atoms with Crippen molar-refractivity contribution in [3.05, 3.63) is 29.3 Å². The molecule has 0 aliphatic carbocycles. The third kappa shape index (κ3) is 5.49. The zero-order valence-electron chi connectivity index (χ0n) is 17.1. The molecule has 3 aliphatic heterocycles. The summed E-state index contributed by atoms with van der Waals surface area (Å²) in [4.78, 5) is 14.7. The lowest BCUT2D eigenvalue weighted by atomic mass is 9.81. The van der Waals surface area contributed by atoms with Crippen LogP contribution in [-0.4, -0.2) is 81.9 Å². The van der Waals surface area contributed by atoms with Gasteiger partial charge in [-0.15, -0.1) is 0 Å². The van der Waals surface area contributed by atoms with Crippen LogP contribution in [0.4, 0.5) is 0 Å². The van der Waals surface area contributed by atoms with Gasteiger partial charge in [-0.1, -0.05) is 11.8 Å². The number of esters is 1. The van der Waals surface area contributed by atoms with Crippen molar-refractivity contribution in [2.45, 2.75) is 25.0 Å². The number of methoxy groups -OCH3 is 2. The largest absolute Gasteiger partial charge is 0.490 e. The summed E-state index contributed by atoms with van der Waals surface area (Å²) in [6, 6.07) is 5.05. The summed E-state index contributed by atoms with van der Waals surface area (Å²) in [5, 5.41) is 10.5. The van der Waals surface area contributed by atoms with Crippen LogP contribution in [-0.2, 0) is 14.2 Å². The molecule has 0 radical (unpaired) electrons. The Labute approximate surface area is 171 Å². The first kappa shape index (κ1) is 21.6. The van der Waals surface area contributed by atoms with E-state index in [9.17, 15) is 9.90 Å². The van der Waals surface area contributed by atoms with E-state index >= 15 is 0 Å². The number of rotatable bonds is 8. The lowest BCUT2D eigenvalue weighted by Gasteiger charge is -2.46. The van der Waals surface area contributed by atoms with Crippen molar-refractivity contribution in [1.82, 2.24) is 4.90 Å². The van der Waals surface area contributed by atoms with Crippen molar-refractivity contribution in [3.8, 4) is 17.6 Å². The molecular formula is C22H29NO6. The number of fused-ring (bicyclic) bond motifs is 3. The van der Waals surface area contributed by atoms with Crippen molar-refractivity contribution in [1.29, 1.82) is 0 Å². The maximum absolute atomic E-state index is 12.5. The Hall–Kier alpha value is -2.11. The van der Waals surface area contributed by atoms with Gasteiger partial charge in [0.25, 0.3) is 0 Å². The molecule has 3 fully saturated rings. The molecule has 1 aromatic rings. The summed E-state index contributed by atoms with van der Waals surface area (Å²) in [6.45, 7) is 3.17. The fourth-order valence-electron chi connectivity index (χ4n) is 3.77. The first-order chi connectivity index (χ1) is 14.1. The van der Waals surface area contributed by atoms with E-state index in [1.807, 2.05) is 6.07 Å². The number of hydrogen-bond acceptors (Lipinski definition) is 7. The van der Waals surface area contributed by atoms with Gasteiger partial charge in [0.1, 0.15) is 24.5 Å². The fraction of sp³-hybridized carbons (Fsp3) is 0.591. The number of aliphatic hydroxyl groups excluding tert-OH is 1. The van der Waals surface area contributed by atoms with Gasteiger partial charge in [0.05, 0.1) is 25.4 Å². The van der Waals surface area contributed by atoms with Gasteiger partial charge in [-0.05, 0) is 50.0 Å². The molecule has 4 rings (SSSR count). The minimum absolute atomic E-state index is 0.155. The van der Waals surface area contributed by atoms with E-state index in [2.05, 4.69) is 16.7 Å². The molecule has 0 aromatic heterocycles. The number of nitrogens with zero attached hydrogens (tertiary/aromatic N) is 1. The number of ether oxygens (including phenoxy) is 4. The highest BCUT2D eigenvalue weighted by molar-refractivity contribution is 5.93. The molecule has 1 N–H and O–H groups in total. The second-order valence-corrected chi connectivity index (χ2v) is 7.26. The van der Waals surface area contributed by atoms with Gasteiger partial charge in [-0.2, -0.15) is 0 Å². The standard InChI is InChI=1S/C22H29NO6/c1-26-11-13-28-20-6-4-16(15-18(20)22(25)29-14-12-27-2)3-5-19-21(24)17-7-9-23(19)10-8-17/h4,6,15,17,19,21,24H,7-14H2,1-2H3. The molecule has 3 aliphatic rings. The molecule has 3 saturated heterocycles. The molecule has 1 aromatic carbocycles. The predicted octanol–water partition coefficient (Wildman–Crippen LogP) is 1.32. The number of aliphatic hydroxyl groups is 1. The topological polar surface area (TPSA) is 77.5 Å². The van der Waals surface area contributed by atoms with Crippen LogP contribution in [0.1, 0.15) is 28.8 Å². The summed E-state index contributed by atoms with van der Waals surface area (Å²) in [5.41, 5.74) is 0.993. The Morgan fingerprint density at radius 1 is 1.14 bits per heavy atom. The van der Waals surface area contributed by atoms with Crippen molar-refractivity contribution >= 4 is 5.97 Å². The smallest absolute Gasteiger partial charge is 0.342 e. The minimum atomic E-state index is -0.487. The van der Waals surface area contributed by atoms with Gasteiger partial charge in [0.15, 0.2) is 0 Å². The van der Waals surface area contributed by atoms with Crippen molar-refractivity contribution in [3.63, 3.8) is 0 Å². The lowest BCUT2D eigenvalue weighted by Crippen LogP contribution is -2.57. The van der Waals surface area contributed by atoms with Crippen molar-refractivity contribution in [2.75, 3.05) is 53.7 Å². The van der Waals surface area contributed by atoms with Gasteiger partial charge in [-0.3, -0.25) is 4.90 Å². The number of benzene rings is 1. The Bertz CT molecular complexity index is 745. The highest BCUT2D eigenvalue weighted by atomic mass is 16.6. The predicted molar refractivity (Wildman–Crippen MR) is 107 cm³/mol. The number of carbonyl (C=O) groups is 1. The van der Waals surface area contributed by atoms with Crippen molar-refractivity contribution < 1.29 is 28.8 Å². The number of piperidine rings is 3. The Balaban J connectivity index is 1.77. The van der Waals surface area contributed by atoms with Crippen LogP contribution in [0, 0.1) is 17.8 Å². The van der Waals surface area contributed by atoms with E-state index in [-0.39, 0.29) is 12.6 Å². The Kier molecular flexibility index (Phi) is 7.90. The van der Waals surface area contributed by atoms with E-state index in [1.165, 1.54) is 0 Å². The minimum Gasteiger partial charge on any atom is -0.490 e. The summed E-state index contributed by atoms with van der Waals surface area (Å²) >= 11 is 0. The first-order valence-corrected chi connectivity index (χ1v) is 9.99. The highest BCUT2D eigenvalue weighted by Gasteiger charge is 2.40. The van der Waals surface area contributed by atoms with Crippen LogP contribution in [0.2, 0.25) is 0 Å². The molecule has 2 bridgehead atoms. The van der Waals surface area contributed by atoms with Crippen LogP contribution in [0.5, 0.6) is 5.75 Å². The van der Waals surface area contributed by atoms with Crippen LogP contribution >= 0.6 is 0 Å². The normalized spacial score (nSPS) is 25.2. The van der Waals surface area contributed by atoms with Crippen LogP contribution < -0.4 is 4.74 Å². The third-order valence-corrected chi connectivity index (χ3v) is 5.40. The molecule has 7 nitrogen and oxygen atoms in total. The van der Waals surface area contributed by atoms with E-state index < -0.39 is 12.1 Å². The Morgan fingerprint density at radius 2 is 1.86 bits per heavy atom. The number of hydrogen-bond donors (Lipinski definition) is 1. The average molecular weight is 403 g/mol. The van der Waals surface area contributed by atoms with Gasteiger partial charge in [-0.25, -0.2) is 4.79 Å². The highest BCUT2D eigenvalue weighted by Crippen LogP contribution is 2.32. The zero-order chi connectivity index (χ0) is 20.6.